The number of rotatable bonds is 4. The van der Waals surface area contributed by atoms with Gasteiger partial charge in [-0.05, 0) is 0 Å². The van der Waals surface area contributed by atoms with Crippen molar-refractivity contribution in [3.05, 3.63) is 60.7 Å². The highest BCUT2D eigenvalue weighted by atomic mass is 16.5. The van der Waals surface area contributed by atoms with Crippen molar-refractivity contribution in [1.82, 2.24) is 9.97 Å². The average molecular weight is 292 g/mol. The first-order valence-electron chi connectivity index (χ1n) is 6.94. The molecule has 1 aromatic heterocycles. The van der Waals surface area contributed by atoms with E-state index in [-0.39, 0.29) is 0 Å². The molecule has 110 valence electrons. The molecule has 3 aromatic rings. The molecule has 0 amide bonds. The number of benzene rings is 2. The largest absolute Gasteiger partial charge is 0.479 e. The number of ether oxygens (including phenoxy) is 2. The number of hydrogen-bond acceptors (Lipinski definition) is 4. The number of nitrogens with zero attached hydrogens (tertiary/aromatic N) is 2. The number of aromatic nitrogens is 2. The van der Waals surface area contributed by atoms with Crippen molar-refractivity contribution in [3.63, 3.8) is 0 Å². The van der Waals surface area contributed by atoms with Gasteiger partial charge in [-0.3, -0.25) is 0 Å². The summed E-state index contributed by atoms with van der Waals surface area (Å²) < 4.78 is 10.8. The molecule has 0 radical (unpaired) electrons. The third-order valence-corrected chi connectivity index (χ3v) is 3.31. The fourth-order valence-electron chi connectivity index (χ4n) is 2.26. The molecule has 0 unspecified atom stereocenters. The van der Waals surface area contributed by atoms with E-state index in [0.29, 0.717) is 23.1 Å². The summed E-state index contributed by atoms with van der Waals surface area (Å²) in [5.74, 6) is 0.894. The van der Waals surface area contributed by atoms with Crippen molar-refractivity contribution in [2.24, 2.45) is 0 Å². The van der Waals surface area contributed by atoms with E-state index < -0.39 is 0 Å². The Kier molecular flexibility index (Phi) is 4.01. The zero-order valence-electron chi connectivity index (χ0n) is 12.5. The van der Waals surface area contributed by atoms with Crippen molar-refractivity contribution >= 4 is 0 Å². The van der Waals surface area contributed by atoms with E-state index >= 15 is 0 Å². The second-order valence-corrected chi connectivity index (χ2v) is 4.67. The van der Waals surface area contributed by atoms with Crippen molar-refractivity contribution in [2.75, 3.05) is 14.2 Å². The molecule has 0 atom stereocenters. The van der Waals surface area contributed by atoms with Gasteiger partial charge in [0.05, 0.1) is 14.2 Å². The SMILES string of the molecule is COc1nc(OC)c(-c2ccccc2)nc1-c1ccccc1. The van der Waals surface area contributed by atoms with Crippen LogP contribution in [-0.4, -0.2) is 24.2 Å². The van der Waals surface area contributed by atoms with Crippen LogP contribution in [0.3, 0.4) is 0 Å². The van der Waals surface area contributed by atoms with E-state index in [1.807, 2.05) is 60.7 Å². The lowest BCUT2D eigenvalue weighted by molar-refractivity contribution is 0.364. The van der Waals surface area contributed by atoms with Gasteiger partial charge in [-0.2, -0.15) is 4.98 Å². The third kappa shape index (κ3) is 2.63. The molecule has 0 spiro atoms. The Morgan fingerprint density at radius 3 is 1.36 bits per heavy atom. The van der Waals surface area contributed by atoms with Gasteiger partial charge < -0.3 is 9.47 Å². The molecular weight excluding hydrogens is 276 g/mol. The Morgan fingerprint density at radius 2 is 1.00 bits per heavy atom. The van der Waals surface area contributed by atoms with E-state index in [0.717, 1.165) is 11.1 Å². The molecule has 0 saturated heterocycles. The summed E-state index contributed by atoms with van der Waals surface area (Å²) in [5.41, 5.74) is 3.30. The molecule has 0 saturated carbocycles. The number of methoxy groups -OCH3 is 2. The van der Waals surface area contributed by atoms with Crippen LogP contribution < -0.4 is 9.47 Å². The normalized spacial score (nSPS) is 10.3. The first-order valence-corrected chi connectivity index (χ1v) is 6.94. The molecule has 0 N–H and O–H groups in total. The number of hydrogen-bond donors (Lipinski definition) is 0. The van der Waals surface area contributed by atoms with Crippen molar-refractivity contribution in [1.29, 1.82) is 0 Å². The predicted molar refractivity (Wildman–Crippen MR) is 86.0 cm³/mol. The van der Waals surface area contributed by atoms with Crippen LogP contribution in [0, 0.1) is 0 Å². The third-order valence-electron chi connectivity index (χ3n) is 3.31. The highest BCUT2D eigenvalue weighted by Gasteiger charge is 2.17. The maximum absolute atomic E-state index is 5.38. The van der Waals surface area contributed by atoms with Gasteiger partial charge in [-0.1, -0.05) is 60.7 Å². The summed E-state index contributed by atoms with van der Waals surface area (Å²) >= 11 is 0. The summed E-state index contributed by atoms with van der Waals surface area (Å²) in [6, 6.07) is 19.7. The van der Waals surface area contributed by atoms with Gasteiger partial charge in [0.15, 0.2) is 0 Å². The lowest BCUT2D eigenvalue weighted by atomic mass is 10.1. The smallest absolute Gasteiger partial charge is 0.243 e. The van der Waals surface area contributed by atoms with Crippen LogP contribution in [0.4, 0.5) is 0 Å². The average Bonchev–Trinajstić information content (AvgIpc) is 2.62. The summed E-state index contributed by atoms with van der Waals surface area (Å²) in [6.45, 7) is 0. The van der Waals surface area contributed by atoms with Crippen LogP contribution in [-0.2, 0) is 0 Å². The van der Waals surface area contributed by atoms with Crippen molar-refractivity contribution < 1.29 is 9.47 Å². The molecule has 0 aliphatic heterocycles. The van der Waals surface area contributed by atoms with Gasteiger partial charge in [0.25, 0.3) is 0 Å². The molecule has 4 heteroatoms. The van der Waals surface area contributed by atoms with E-state index in [4.69, 9.17) is 14.5 Å². The Bertz CT molecular complexity index is 696. The van der Waals surface area contributed by atoms with Crippen LogP contribution in [0.5, 0.6) is 11.8 Å². The van der Waals surface area contributed by atoms with Gasteiger partial charge in [0, 0.05) is 11.1 Å². The molecule has 0 aliphatic rings. The van der Waals surface area contributed by atoms with E-state index in [1.54, 1.807) is 14.2 Å². The standard InChI is InChI=1S/C18H16N2O2/c1-21-17-15(13-9-5-3-6-10-13)19-16(18(20-17)22-2)14-11-7-4-8-12-14/h3-12H,1-2H3. The van der Waals surface area contributed by atoms with Crippen LogP contribution in [0.15, 0.2) is 60.7 Å². The lowest BCUT2D eigenvalue weighted by Gasteiger charge is -2.12. The first-order chi connectivity index (χ1) is 10.8. The Balaban J connectivity index is 2.22. The lowest BCUT2D eigenvalue weighted by Crippen LogP contribution is -2.01. The highest BCUT2D eigenvalue weighted by Crippen LogP contribution is 2.34. The molecule has 22 heavy (non-hydrogen) atoms. The van der Waals surface area contributed by atoms with Crippen LogP contribution in [0.25, 0.3) is 22.5 Å². The van der Waals surface area contributed by atoms with Gasteiger partial charge in [-0.15, -0.1) is 0 Å². The maximum atomic E-state index is 5.38. The predicted octanol–water partition coefficient (Wildman–Crippen LogP) is 3.83. The van der Waals surface area contributed by atoms with Gasteiger partial charge in [-0.25, -0.2) is 4.98 Å². The topological polar surface area (TPSA) is 44.2 Å². The van der Waals surface area contributed by atoms with Crippen molar-refractivity contribution in [2.45, 2.75) is 0 Å². The Hall–Kier alpha value is -2.88. The molecule has 0 fully saturated rings. The zero-order chi connectivity index (χ0) is 15.4. The van der Waals surface area contributed by atoms with Crippen molar-refractivity contribution in [3.8, 4) is 34.3 Å². The first kappa shape index (κ1) is 14.1. The molecule has 0 bridgehead atoms. The molecular formula is C18H16N2O2. The van der Waals surface area contributed by atoms with E-state index in [9.17, 15) is 0 Å². The summed E-state index contributed by atoms with van der Waals surface area (Å²) in [6.07, 6.45) is 0. The minimum absolute atomic E-state index is 0.447. The molecule has 1 heterocycles. The van der Waals surface area contributed by atoms with Crippen LogP contribution in [0.1, 0.15) is 0 Å². The van der Waals surface area contributed by atoms with Crippen LogP contribution in [0.2, 0.25) is 0 Å². The van der Waals surface area contributed by atoms with Gasteiger partial charge >= 0.3 is 0 Å². The zero-order valence-corrected chi connectivity index (χ0v) is 12.5. The Labute approximate surface area is 129 Å². The fourth-order valence-corrected chi connectivity index (χ4v) is 2.26. The van der Waals surface area contributed by atoms with Gasteiger partial charge in [0.2, 0.25) is 11.8 Å². The quantitative estimate of drug-likeness (QED) is 0.733. The van der Waals surface area contributed by atoms with E-state index in [2.05, 4.69) is 4.98 Å². The summed E-state index contributed by atoms with van der Waals surface area (Å²) in [7, 11) is 3.16. The molecule has 3 rings (SSSR count). The highest BCUT2D eigenvalue weighted by molar-refractivity contribution is 5.72. The summed E-state index contributed by atoms with van der Waals surface area (Å²) in [4.78, 5) is 9.20. The summed E-state index contributed by atoms with van der Waals surface area (Å²) in [5, 5.41) is 0. The minimum Gasteiger partial charge on any atom is -0.479 e. The monoisotopic (exact) mass is 292 g/mol. The molecule has 2 aromatic carbocycles. The van der Waals surface area contributed by atoms with Crippen LogP contribution >= 0.6 is 0 Å². The van der Waals surface area contributed by atoms with Gasteiger partial charge in [0.1, 0.15) is 11.4 Å². The second-order valence-electron chi connectivity index (χ2n) is 4.67. The molecule has 0 aliphatic carbocycles. The Morgan fingerprint density at radius 1 is 0.591 bits per heavy atom. The minimum atomic E-state index is 0.447. The maximum Gasteiger partial charge on any atom is 0.243 e. The van der Waals surface area contributed by atoms with E-state index in [1.165, 1.54) is 0 Å². The second kappa shape index (κ2) is 6.26. The fraction of sp³-hybridized carbons (Fsp3) is 0.111. The molecule has 4 nitrogen and oxygen atoms in total.